The SMILES string of the molecule is COc1ccc2c(c1)CCCC2Nc1ccccc1C#N. The molecule has 1 atom stereocenters. The largest absolute Gasteiger partial charge is 0.497 e. The van der Waals surface area contributed by atoms with Crippen molar-refractivity contribution in [3.05, 3.63) is 59.2 Å². The van der Waals surface area contributed by atoms with Gasteiger partial charge in [-0.1, -0.05) is 18.2 Å². The van der Waals surface area contributed by atoms with E-state index < -0.39 is 0 Å². The maximum Gasteiger partial charge on any atom is 0.119 e. The quantitative estimate of drug-likeness (QED) is 0.921. The minimum atomic E-state index is 0.258. The van der Waals surface area contributed by atoms with Gasteiger partial charge in [0.15, 0.2) is 0 Å². The summed E-state index contributed by atoms with van der Waals surface area (Å²) in [5.41, 5.74) is 4.26. The van der Waals surface area contributed by atoms with E-state index in [1.165, 1.54) is 11.1 Å². The molecule has 2 aromatic rings. The maximum absolute atomic E-state index is 9.20. The molecule has 0 aliphatic heterocycles. The van der Waals surface area contributed by atoms with Crippen LogP contribution < -0.4 is 10.1 Å². The number of fused-ring (bicyclic) bond motifs is 1. The lowest BCUT2D eigenvalue weighted by Crippen LogP contribution is -2.18. The van der Waals surface area contributed by atoms with Crippen molar-refractivity contribution in [3.63, 3.8) is 0 Å². The third-order valence-corrected chi connectivity index (χ3v) is 4.04. The second-order valence-electron chi connectivity index (χ2n) is 5.31. The third-order valence-electron chi connectivity index (χ3n) is 4.04. The van der Waals surface area contributed by atoms with Gasteiger partial charge in [-0.05, 0) is 54.7 Å². The summed E-state index contributed by atoms with van der Waals surface area (Å²) in [6, 6.07) is 16.4. The molecule has 106 valence electrons. The molecule has 0 aromatic heterocycles. The number of ether oxygens (including phenoxy) is 1. The summed E-state index contributed by atoms with van der Waals surface area (Å²) in [4.78, 5) is 0. The normalized spacial score (nSPS) is 16.7. The molecule has 3 heteroatoms. The standard InChI is InChI=1S/C18H18N2O/c1-21-15-9-10-16-13(11-15)6-4-8-18(16)20-17-7-3-2-5-14(17)12-19/h2-3,5,7,9-11,18,20H,4,6,8H2,1H3. The van der Waals surface area contributed by atoms with Gasteiger partial charge in [-0.15, -0.1) is 0 Å². The maximum atomic E-state index is 9.20. The number of nitrogens with one attached hydrogen (secondary N) is 1. The average Bonchev–Trinajstić information content (AvgIpc) is 2.55. The van der Waals surface area contributed by atoms with Gasteiger partial charge >= 0.3 is 0 Å². The summed E-state index contributed by atoms with van der Waals surface area (Å²) in [6.45, 7) is 0. The molecule has 3 nitrogen and oxygen atoms in total. The molecular formula is C18H18N2O. The fourth-order valence-corrected chi connectivity index (χ4v) is 2.96. The second-order valence-corrected chi connectivity index (χ2v) is 5.31. The predicted octanol–water partition coefficient (Wildman–Crippen LogP) is 4.06. The smallest absolute Gasteiger partial charge is 0.119 e. The van der Waals surface area contributed by atoms with E-state index >= 15 is 0 Å². The molecule has 0 saturated heterocycles. The van der Waals surface area contributed by atoms with Crippen molar-refractivity contribution >= 4 is 5.69 Å². The molecule has 0 saturated carbocycles. The van der Waals surface area contributed by atoms with Crippen molar-refractivity contribution in [2.45, 2.75) is 25.3 Å². The van der Waals surface area contributed by atoms with Crippen LogP contribution in [0.5, 0.6) is 5.75 Å². The molecule has 21 heavy (non-hydrogen) atoms. The summed E-state index contributed by atoms with van der Waals surface area (Å²) in [5, 5.41) is 12.7. The van der Waals surface area contributed by atoms with Crippen molar-refractivity contribution < 1.29 is 4.74 Å². The zero-order valence-electron chi connectivity index (χ0n) is 12.1. The molecule has 2 aromatic carbocycles. The van der Waals surface area contributed by atoms with Crippen LogP contribution in [-0.4, -0.2) is 7.11 Å². The van der Waals surface area contributed by atoms with Gasteiger partial charge in [0, 0.05) is 0 Å². The number of benzene rings is 2. The monoisotopic (exact) mass is 278 g/mol. The van der Waals surface area contributed by atoms with E-state index in [4.69, 9.17) is 4.74 Å². The van der Waals surface area contributed by atoms with Gasteiger partial charge < -0.3 is 10.1 Å². The molecule has 0 radical (unpaired) electrons. The molecular weight excluding hydrogens is 260 g/mol. The Hall–Kier alpha value is -2.47. The fourth-order valence-electron chi connectivity index (χ4n) is 2.96. The summed E-state index contributed by atoms with van der Waals surface area (Å²) in [7, 11) is 1.70. The molecule has 1 unspecified atom stereocenters. The highest BCUT2D eigenvalue weighted by molar-refractivity contribution is 5.59. The summed E-state index contributed by atoms with van der Waals surface area (Å²) >= 11 is 0. The number of para-hydroxylation sites is 1. The van der Waals surface area contributed by atoms with Crippen molar-refractivity contribution in [2.75, 3.05) is 12.4 Å². The van der Waals surface area contributed by atoms with Gasteiger partial charge in [-0.3, -0.25) is 0 Å². The summed E-state index contributed by atoms with van der Waals surface area (Å²) in [5.74, 6) is 0.909. The highest BCUT2D eigenvalue weighted by Crippen LogP contribution is 2.35. The van der Waals surface area contributed by atoms with E-state index in [1.807, 2.05) is 30.3 Å². The topological polar surface area (TPSA) is 45.0 Å². The Morgan fingerprint density at radius 2 is 2.10 bits per heavy atom. The minimum Gasteiger partial charge on any atom is -0.497 e. The Bertz CT molecular complexity index is 688. The molecule has 3 rings (SSSR count). The van der Waals surface area contributed by atoms with Crippen LogP contribution in [0.4, 0.5) is 5.69 Å². The fraction of sp³-hybridized carbons (Fsp3) is 0.278. The van der Waals surface area contributed by atoms with Crippen LogP contribution in [0.25, 0.3) is 0 Å². The number of aryl methyl sites for hydroxylation is 1. The molecule has 0 heterocycles. The van der Waals surface area contributed by atoms with E-state index in [1.54, 1.807) is 7.11 Å². The molecule has 0 amide bonds. The van der Waals surface area contributed by atoms with E-state index in [2.05, 4.69) is 23.5 Å². The second kappa shape index (κ2) is 5.88. The zero-order valence-corrected chi connectivity index (χ0v) is 12.1. The van der Waals surface area contributed by atoms with Crippen molar-refractivity contribution in [2.24, 2.45) is 0 Å². The van der Waals surface area contributed by atoms with Gasteiger partial charge in [-0.25, -0.2) is 0 Å². The van der Waals surface area contributed by atoms with Crippen LogP contribution in [0, 0.1) is 11.3 Å². The van der Waals surface area contributed by atoms with Crippen LogP contribution >= 0.6 is 0 Å². The first-order chi connectivity index (χ1) is 10.3. The number of nitriles is 1. The number of hydrogen-bond donors (Lipinski definition) is 1. The predicted molar refractivity (Wildman–Crippen MR) is 83.5 cm³/mol. The molecule has 0 bridgehead atoms. The van der Waals surface area contributed by atoms with Crippen LogP contribution in [0.1, 0.15) is 35.6 Å². The Balaban J connectivity index is 1.90. The van der Waals surface area contributed by atoms with Crippen LogP contribution in [0.15, 0.2) is 42.5 Å². The van der Waals surface area contributed by atoms with Gasteiger partial charge in [0.25, 0.3) is 0 Å². The summed E-state index contributed by atoms with van der Waals surface area (Å²) < 4.78 is 5.31. The van der Waals surface area contributed by atoms with Gasteiger partial charge in [-0.2, -0.15) is 5.26 Å². The van der Waals surface area contributed by atoms with E-state index in [-0.39, 0.29) is 6.04 Å². The lowest BCUT2D eigenvalue weighted by Gasteiger charge is -2.28. The van der Waals surface area contributed by atoms with Gasteiger partial charge in [0.2, 0.25) is 0 Å². The van der Waals surface area contributed by atoms with Crippen LogP contribution in [-0.2, 0) is 6.42 Å². The Kier molecular flexibility index (Phi) is 3.79. The van der Waals surface area contributed by atoms with Crippen LogP contribution in [0.3, 0.4) is 0 Å². The molecule has 0 spiro atoms. The van der Waals surface area contributed by atoms with Crippen LogP contribution in [0.2, 0.25) is 0 Å². The first-order valence-corrected chi connectivity index (χ1v) is 7.24. The summed E-state index contributed by atoms with van der Waals surface area (Å²) in [6.07, 6.45) is 3.32. The Morgan fingerprint density at radius 3 is 2.90 bits per heavy atom. The van der Waals surface area contributed by atoms with Gasteiger partial charge in [0.05, 0.1) is 24.4 Å². The Morgan fingerprint density at radius 1 is 1.24 bits per heavy atom. The van der Waals surface area contributed by atoms with E-state index in [0.717, 1.165) is 30.7 Å². The zero-order chi connectivity index (χ0) is 14.7. The molecule has 1 aliphatic rings. The highest BCUT2D eigenvalue weighted by Gasteiger charge is 2.21. The number of anilines is 1. The van der Waals surface area contributed by atoms with E-state index in [0.29, 0.717) is 5.56 Å². The highest BCUT2D eigenvalue weighted by atomic mass is 16.5. The molecule has 1 N–H and O–H groups in total. The number of hydrogen-bond acceptors (Lipinski definition) is 3. The van der Waals surface area contributed by atoms with Crippen molar-refractivity contribution in [3.8, 4) is 11.8 Å². The molecule has 0 fully saturated rings. The van der Waals surface area contributed by atoms with Gasteiger partial charge in [0.1, 0.15) is 11.8 Å². The number of methoxy groups -OCH3 is 1. The lowest BCUT2D eigenvalue weighted by molar-refractivity contribution is 0.413. The average molecular weight is 278 g/mol. The van der Waals surface area contributed by atoms with Crippen molar-refractivity contribution in [1.82, 2.24) is 0 Å². The first kappa shape index (κ1) is 13.5. The third kappa shape index (κ3) is 2.71. The first-order valence-electron chi connectivity index (χ1n) is 7.24. The number of rotatable bonds is 3. The van der Waals surface area contributed by atoms with Crippen molar-refractivity contribution in [1.29, 1.82) is 5.26 Å². The minimum absolute atomic E-state index is 0.258. The molecule has 1 aliphatic carbocycles. The lowest BCUT2D eigenvalue weighted by atomic mass is 9.87. The van der Waals surface area contributed by atoms with E-state index in [9.17, 15) is 5.26 Å². The Labute approximate surface area is 125 Å². The number of nitrogens with zero attached hydrogens (tertiary/aromatic N) is 1.